The van der Waals surface area contributed by atoms with Crippen molar-refractivity contribution >= 4 is 23.3 Å². The van der Waals surface area contributed by atoms with E-state index in [2.05, 4.69) is 15.7 Å². The van der Waals surface area contributed by atoms with E-state index in [4.69, 9.17) is 4.74 Å². The second-order valence-electron chi connectivity index (χ2n) is 5.54. The van der Waals surface area contributed by atoms with Crippen LogP contribution in [0.1, 0.15) is 20.8 Å². The van der Waals surface area contributed by atoms with E-state index < -0.39 is 0 Å². The number of hydrogen-bond acceptors (Lipinski definition) is 4. The number of methoxy groups -OCH3 is 1. The van der Waals surface area contributed by atoms with Crippen molar-refractivity contribution in [3.63, 3.8) is 0 Å². The summed E-state index contributed by atoms with van der Waals surface area (Å²) in [6.45, 7) is 0. The lowest BCUT2D eigenvalue weighted by Crippen LogP contribution is -2.14. The minimum atomic E-state index is -0.369. The molecule has 0 unspecified atom stereocenters. The second-order valence-corrected chi connectivity index (χ2v) is 5.54. The van der Waals surface area contributed by atoms with Gasteiger partial charge < -0.3 is 15.4 Å². The molecule has 0 fully saturated rings. The van der Waals surface area contributed by atoms with Gasteiger partial charge >= 0.3 is 0 Å². The molecule has 7 heteroatoms. The van der Waals surface area contributed by atoms with E-state index in [9.17, 15) is 9.59 Å². The van der Waals surface area contributed by atoms with E-state index in [1.54, 1.807) is 62.7 Å². The molecule has 0 saturated carbocycles. The highest BCUT2D eigenvalue weighted by Crippen LogP contribution is 2.17. The van der Waals surface area contributed by atoms with Gasteiger partial charge in [-0.05, 0) is 36.4 Å². The van der Waals surface area contributed by atoms with Crippen molar-refractivity contribution in [3.05, 3.63) is 71.9 Å². The SMILES string of the molecule is COc1ccc(NC(=O)c2cc(NC(=O)c3ccccc3)n(C)n2)cc1. The van der Waals surface area contributed by atoms with Gasteiger partial charge in [0.25, 0.3) is 11.8 Å². The molecule has 3 aromatic rings. The number of nitrogens with one attached hydrogen (secondary N) is 2. The number of anilines is 2. The minimum absolute atomic E-state index is 0.201. The van der Waals surface area contributed by atoms with Crippen molar-refractivity contribution in [2.24, 2.45) is 7.05 Å². The number of benzene rings is 2. The van der Waals surface area contributed by atoms with E-state index in [1.807, 2.05) is 6.07 Å². The van der Waals surface area contributed by atoms with Crippen molar-refractivity contribution in [2.45, 2.75) is 0 Å². The summed E-state index contributed by atoms with van der Waals surface area (Å²) in [6, 6.07) is 17.3. The number of amides is 2. The van der Waals surface area contributed by atoms with Crippen molar-refractivity contribution in [2.75, 3.05) is 17.7 Å². The zero-order valence-corrected chi connectivity index (χ0v) is 14.4. The van der Waals surface area contributed by atoms with Gasteiger partial charge in [-0.3, -0.25) is 14.3 Å². The molecular weight excluding hydrogens is 332 g/mol. The lowest BCUT2D eigenvalue weighted by atomic mass is 10.2. The maximum atomic E-state index is 12.4. The molecule has 3 rings (SSSR count). The van der Waals surface area contributed by atoms with Crippen molar-refractivity contribution in [3.8, 4) is 5.75 Å². The molecule has 2 N–H and O–H groups in total. The van der Waals surface area contributed by atoms with E-state index in [1.165, 1.54) is 10.7 Å². The number of nitrogens with zero attached hydrogens (tertiary/aromatic N) is 2. The molecule has 0 bridgehead atoms. The largest absolute Gasteiger partial charge is 0.497 e. The highest BCUT2D eigenvalue weighted by atomic mass is 16.5. The molecule has 1 heterocycles. The monoisotopic (exact) mass is 350 g/mol. The molecule has 0 aliphatic carbocycles. The van der Waals surface area contributed by atoms with Gasteiger partial charge in [-0.1, -0.05) is 18.2 Å². The molecule has 0 spiro atoms. The summed E-state index contributed by atoms with van der Waals surface area (Å²) in [5.41, 5.74) is 1.35. The Hall–Kier alpha value is -3.61. The maximum absolute atomic E-state index is 12.4. The van der Waals surface area contributed by atoms with E-state index in [0.717, 1.165) is 0 Å². The third-order valence-electron chi connectivity index (χ3n) is 3.74. The Morgan fingerprint density at radius 1 is 0.962 bits per heavy atom. The van der Waals surface area contributed by atoms with Gasteiger partial charge in [-0.25, -0.2) is 0 Å². The number of aryl methyl sites for hydroxylation is 1. The highest BCUT2D eigenvalue weighted by Gasteiger charge is 2.15. The molecule has 7 nitrogen and oxygen atoms in total. The first kappa shape index (κ1) is 17.2. The molecule has 132 valence electrons. The molecule has 0 radical (unpaired) electrons. The number of ether oxygens (including phenoxy) is 1. The Morgan fingerprint density at radius 3 is 2.31 bits per heavy atom. The smallest absolute Gasteiger partial charge is 0.276 e. The van der Waals surface area contributed by atoms with Crippen LogP contribution < -0.4 is 15.4 Å². The average molecular weight is 350 g/mol. The quantitative estimate of drug-likeness (QED) is 0.741. The molecule has 0 atom stereocenters. The fourth-order valence-corrected chi connectivity index (χ4v) is 2.34. The molecule has 2 amide bonds. The van der Waals surface area contributed by atoms with Crippen LogP contribution >= 0.6 is 0 Å². The van der Waals surface area contributed by atoms with Gasteiger partial charge in [-0.2, -0.15) is 5.10 Å². The Kier molecular flexibility index (Phi) is 4.98. The third-order valence-corrected chi connectivity index (χ3v) is 3.74. The van der Waals surface area contributed by atoms with Crippen LogP contribution in [0.25, 0.3) is 0 Å². The Bertz CT molecular complexity index is 918. The van der Waals surface area contributed by atoms with Crippen molar-refractivity contribution < 1.29 is 14.3 Å². The zero-order chi connectivity index (χ0) is 18.5. The van der Waals surface area contributed by atoms with Crippen LogP contribution in [0.15, 0.2) is 60.7 Å². The fourth-order valence-electron chi connectivity index (χ4n) is 2.34. The van der Waals surface area contributed by atoms with Crippen LogP contribution in [0.3, 0.4) is 0 Å². The van der Waals surface area contributed by atoms with Crippen LogP contribution in [-0.2, 0) is 7.05 Å². The summed E-state index contributed by atoms with van der Waals surface area (Å²) in [7, 11) is 3.23. The Labute approximate surface area is 150 Å². The second kappa shape index (κ2) is 7.52. The molecule has 1 aromatic heterocycles. The van der Waals surface area contributed by atoms with Crippen LogP contribution in [0, 0.1) is 0 Å². The van der Waals surface area contributed by atoms with Crippen LogP contribution in [-0.4, -0.2) is 28.7 Å². The molecule has 0 aliphatic heterocycles. The van der Waals surface area contributed by atoms with E-state index in [0.29, 0.717) is 22.8 Å². The maximum Gasteiger partial charge on any atom is 0.276 e. The van der Waals surface area contributed by atoms with Crippen molar-refractivity contribution in [1.29, 1.82) is 0 Å². The molecule has 2 aromatic carbocycles. The Morgan fingerprint density at radius 2 is 1.65 bits per heavy atom. The van der Waals surface area contributed by atoms with Gasteiger partial charge in [0, 0.05) is 24.4 Å². The number of rotatable bonds is 5. The summed E-state index contributed by atoms with van der Waals surface area (Å²) in [5.74, 6) is 0.493. The predicted octanol–water partition coefficient (Wildman–Crippen LogP) is 2.93. The van der Waals surface area contributed by atoms with Gasteiger partial charge in [-0.15, -0.1) is 0 Å². The molecule has 26 heavy (non-hydrogen) atoms. The van der Waals surface area contributed by atoms with Crippen LogP contribution in [0.4, 0.5) is 11.5 Å². The van der Waals surface area contributed by atoms with Gasteiger partial charge in [0.2, 0.25) is 0 Å². The fraction of sp³-hybridized carbons (Fsp3) is 0.105. The van der Waals surface area contributed by atoms with Crippen molar-refractivity contribution in [1.82, 2.24) is 9.78 Å². The zero-order valence-electron chi connectivity index (χ0n) is 14.4. The first-order valence-electron chi connectivity index (χ1n) is 7.92. The average Bonchev–Trinajstić information content (AvgIpc) is 3.03. The minimum Gasteiger partial charge on any atom is -0.497 e. The van der Waals surface area contributed by atoms with Gasteiger partial charge in [0.1, 0.15) is 11.6 Å². The predicted molar refractivity (Wildman–Crippen MR) is 98.6 cm³/mol. The molecule has 0 saturated heterocycles. The number of hydrogen-bond donors (Lipinski definition) is 2. The lowest BCUT2D eigenvalue weighted by molar-refractivity contribution is 0.101. The summed E-state index contributed by atoms with van der Waals surface area (Å²) < 4.78 is 6.53. The first-order valence-corrected chi connectivity index (χ1v) is 7.92. The standard InChI is InChI=1S/C19H18N4O3/c1-23-17(21-18(24)13-6-4-3-5-7-13)12-16(22-23)19(25)20-14-8-10-15(26-2)11-9-14/h3-12H,1-2H3,(H,20,25)(H,21,24). The summed E-state index contributed by atoms with van der Waals surface area (Å²) in [4.78, 5) is 24.6. The number of carbonyl (C=O) groups is 2. The molecular formula is C19H18N4O3. The van der Waals surface area contributed by atoms with E-state index in [-0.39, 0.29) is 17.5 Å². The first-order chi connectivity index (χ1) is 12.6. The normalized spacial score (nSPS) is 10.2. The Balaban J connectivity index is 1.70. The molecule has 0 aliphatic rings. The summed E-state index contributed by atoms with van der Waals surface area (Å²) >= 11 is 0. The number of aromatic nitrogens is 2. The number of carbonyl (C=O) groups excluding carboxylic acids is 2. The lowest BCUT2D eigenvalue weighted by Gasteiger charge is -2.04. The summed E-state index contributed by atoms with van der Waals surface area (Å²) in [5, 5.41) is 9.65. The van der Waals surface area contributed by atoms with Gasteiger partial charge in [0.15, 0.2) is 5.69 Å². The third kappa shape index (κ3) is 3.89. The topological polar surface area (TPSA) is 85.3 Å². The highest BCUT2D eigenvalue weighted by molar-refractivity contribution is 6.06. The summed E-state index contributed by atoms with van der Waals surface area (Å²) in [6.07, 6.45) is 0. The van der Waals surface area contributed by atoms with Gasteiger partial charge in [0.05, 0.1) is 7.11 Å². The van der Waals surface area contributed by atoms with E-state index >= 15 is 0 Å². The van der Waals surface area contributed by atoms with Crippen LogP contribution in [0.2, 0.25) is 0 Å². The van der Waals surface area contributed by atoms with Crippen LogP contribution in [0.5, 0.6) is 5.75 Å².